The highest BCUT2D eigenvalue weighted by Gasteiger charge is 2.59. The van der Waals surface area contributed by atoms with Gasteiger partial charge in [-0.2, -0.15) is 9.57 Å². The number of nitrogens with zero attached hydrogens (tertiary/aromatic N) is 3. The van der Waals surface area contributed by atoms with E-state index >= 15 is 0 Å². The number of aryl methyl sites for hydroxylation is 1. The van der Waals surface area contributed by atoms with Gasteiger partial charge in [-0.15, -0.1) is 0 Å². The van der Waals surface area contributed by atoms with E-state index in [2.05, 4.69) is 31.9 Å². The Labute approximate surface area is 138 Å². The zero-order chi connectivity index (χ0) is 17.0. The van der Waals surface area contributed by atoms with Gasteiger partial charge in [0.2, 0.25) is 10.0 Å². The Bertz CT molecular complexity index is 779. The van der Waals surface area contributed by atoms with E-state index in [9.17, 15) is 13.7 Å². The zero-order valence-corrected chi connectivity index (χ0v) is 14.9. The van der Waals surface area contributed by atoms with E-state index in [4.69, 9.17) is 0 Å². The molecule has 2 fully saturated rings. The van der Waals surface area contributed by atoms with Gasteiger partial charge >= 0.3 is 0 Å². The van der Waals surface area contributed by atoms with Crippen LogP contribution in [0, 0.1) is 29.1 Å². The fourth-order valence-corrected chi connectivity index (χ4v) is 6.16. The summed E-state index contributed by atoms with van der Waals surface area (Å²) in [6.45, 7) is 8.93. The van der Waals surface area contributed by atoms with Crippen LogP contribution in [0.4, 0.5) is 0 Å². The van der Waals surface area contributed by atoms with Crippen LogP contribution in [0.5, 0.6) is 0 Å². The summed E-state index contributed by atoms with van der Waals surface area (Å²) in [5, 5.41) is 9.36. The summed E-state index contributed by atoms with van der Waals surface area (Å²) in [4.78, 5) is 2.41. The summed E-state index contributed by atoms with van der Waals surface area (Å²) >= 11 is 0. The normalized spacial score (nSPS) is 32.0. The van der Waals surface area contributed by atoms with E-state index in [1.807, 2.05) is 0 Å². The van der Waals surface area contributed by atoms with Crippen molar-refractivity contribution in [1.29, 1.82) is 5.26 Å². The van der Waals surface area contributed by atoms with Crippen molar-refractivity contribution in [2.75, 3.05) is 33.2 Å². The van der Waals surface area contributed by atoms with Gasteiger partial charge in [-0.1, -0.05) is 26.0 Å². The van der Waals surface area contributed by atoms with Gasteiger partial charge in [-0.25, -0.2) is 8.42 Å². The monoisotopic (exact) mass is 333 g/mol. The molecule has 0 aromatic heterocycles. The Balaban J connectivity index is 2.02. The van der Waals surface area contributed by atoms with Gasteiger partial charge in [-0.05, 0) is 25.6 Å². The number of fused-ring (bicyclic) bond motifs is 1. The van der Waals surface area contributed by atoms with E-state index in [-0.39, 0.29) is 21.3 Å². The molecular weight excluding hydrogens is 310 g/mol. The van der Waals surface area contributed by atoms with Crippen molar-refractivity contribution in [3.05, 3.63) is 29.3 Å². The fourth-order valence-electron chi connectivity index (χ4n) is 4.25. The molecule has 2 aliphatic rings. The molecule has 3 rings (SSSR count). The van der Waals surface area contributed by atoms with Gasteiger partial charge in [0.15, 0.2) is 0 Å². The third-order valence-electron chi connectivity index (χ3n) is 5.71. The Morgan fingerprint density at radius 1 is 1.13 bits per heavy atom. The van der Waals surface area contributed by atoms with Crippen LogP contribution >= 0.6 is 0 Å². The molecule has 0 N–H and O–H groups in total. The molecule has 0 spiro atoms. The van der Waals surface area contributed by atoms with Crippen molar-refractivity contribution in [3.63, 3.8) is 0 Å². The predicted molar refractivity (Wildman–Crippen MR) is 88.4 cm³/mol. The molecule has 0 bridgehead atoms. The molecule has 0 saturated carbocycles. The lowest BCUT2D eigenvalue weighted by Crippen LogP contribution is -2.35. The first kappa shape index (κ1) is 16.4. The fraction of sp³-hybridized carbons (Fsp3) is 0.588. The van der Waals surface area contributed by atoms with Crippen molar-refractivity contribution < 1.29 is 8.42 Å². The summed E-state index contributed by atoms with van der Waals surface area (Å²) in [6.07, 6.45) is 0. The van der Waals surface area contributed by atoms with Crippen molar-refractivity contribution in [1.82, 2.24) is 9.21 Å². The second-order valence-corrected chi connectivity index (χ2v) is 9.53. The third-order valence-corrected chi connectivity index (χ3v) is 7.54. The number of likely N-dealkylation sites (tertiary alicyclic amines) is 1. The van der Waals surface area contributed by atoms with Crippen LogP contribution in [-0.2, 0) is 10.0 Å². The van der Waals surface area contributed by atoms with Gasteiger partial charge in [0.25, 0.3) is 0 Å². The SMILES string of the molecule is Cc1cccc(S(=O)(=O)N2CC3(C)CN(C)CC3(C)C2)c1C#N. The number of hydrogen-bond acceptors (Lipinski definition) is 4. The standard InChI is InChI=1S/C17H23N3O2S/c1-13-6-5-7-15(14(13)8-18)23(21,22)20-11-16(2)9-19(4)10-17(16,3)12-20/h5-7H,9-12H2,1-4H3. The Morgan fingerprint density at radius 3 is 2.22 bits per heavy atom. The summed E-state index contributed by atoms with van der Waals surface area (Å²) < 4.78 is 27.8. The molecule has 1 aromatic rings. The van der Waals surface area contributed by atoms with E-state index in [0.717, 1.165) is 13.1 Å². The zero-order valence-electron chi connectivity index (χ0n) is 14.1. The highest BCUT2D eigenvalue weighted by molar-refractivity contribution is 7.89. The van der Waals surface area contributed by atoms with Crippen LogP contribution in [0.1, 0.15) is 25.0 Å². The van der Waals surface area contributed by atoms with Gasteiger partial charge < -0.3 is 4.90 Å². The molecule has 2 saturated heterocycles. The Kier molecular flexibility index (Phi) is 3.60. The quantitative estimate of drug-likeness (QED) is 0.828. The molecule has 2 atom stereocenters. The van der Waals surface area contributed by atoms with Crippen molar-refractivity contribution >= 4 is 10.0 Å². The summed E-state index contributed by atoms with van der Waals surface area (Å²) in [6, 6.07) is 7.08. The number of nitriles is 1. The van der Waals surface area contributed by atoms with Crippen molar-refractivity contribution in [2.24, 2.45) is 10.8 Å². The average molecular weight is 333 g/mol. The molecule has 0 aliphatic carbocycles. The number of sulfonamides is 1. The summed E-state index contributed by atoms with van der Waals surface area (Å²) in [5.41, 5.74) is 0.860. The molecule has 2 heterocycles. The lowest BCUT2D eigenvalue weighted by molar-refractivity contribution is 0.212. The minimum atomic E-state index is -3.65. The van der Waals surface area contributed by atoms with Gasteiger partial charge in [0, 0.05) is 37.0 Å². The highest BCUT2D eigenvalue weighted by atomic mass is 32.2. The molecule has 6 heteroatoms. The number of rotatable bonds is 2. The van der Waals surface area contributed by atoms with Crippen molar-refractivity contribution in [3.8, 4) is 6.07 Å². The molecule has 2 aliphatic heterocycles. The second-order valence-electron chi connectivity index (χ2n) is 7.63. The van der Waals surface area contributed by atoms with E-state index in [0.29, 0.717) is 18.7 Å². The molecule has 0 radical (unpaired) electrons. The highest BCUT2D eigenvalue weighted by Crippen LogP contribution is 2.52. The minimum absolute atomic E-state index is 0.0501. The van der Waals surface area contributed by atoms with Crippen LogP contribution in [0.25, 0.3) is 0 Å². The largest absolute Gasteiger partial charge is 0.305 e. The van der Waals surface area contributed by atoms with Crippen LogP contribution in [-0.4, -0.2) is 50.8 Å². The van der Waals surface area contributed by atoms with Crippen LogP contribution in [0.15, 0.2) is 23.1 Å². The van der Waals surface area contributed by atoms with Gasteiger partial charge in [0.05, 0.1) is 5.56 Å². The molecule has 23 heavy (non-hydrogen) atoms. The van der Waals surface area contributed by atoms with Crippen LogP contribution < -0.4 is 0 Å². The number of hydrogen-bond donors (Lipinski definition) is 0. The topological polar surface area (TPSA) is 64.4 Å². The molecule has 2 unspecified atom stereocenters. The summed E-state index contributed by atoms with van der Waals surface area (Å²) in [5.74, 6) is 0. The van der Waals surface area contributed by atoms with Gasteiger partial charge in [-0.3, -0.25) is 0 Å². The van der Waals surface area contributed by atoms with Crippen LogP contribution in [0.3, 0.4) is 0 Å². The maximum atomic E-state index is 13.1. The van der Waals surface area contributed by atoms with Gasteiger partial charge in [0.1, 0.15) is 11.0 Å². The lowest BCUT2D eigenvalue weighted by Gasteiger charge is -2.30. The summed E-state index contributed by atoms with van der Waals surface area (Å²) in [7, 11) is -1.56. The first-order valence-electron chi connectivity index (χ1n) is 7.81. The van der Waals surface area contributed by atoms with E-state index < -0.39 is 10.0 Å². The number of benzene rings is 1. The lowest BCUT2D eigenvalue weighted by atomic mass is 9.71. The first-order chi connectivity index (χ1) is 10.6. The predicted octanol–water partition coefficient (Wildman–Crippen LogP) is 1.83. The van der Waals surface area contributed by atoms with Crippen molar-refractivity contribution in [2.45, 2.75) is 25.7 Å². The Morgan fingerprint density at radius 2 is 1.70 bits per heavy atom. The van der Waals surface area contributed by atoms with E-state index in [1.54, 1.807) is 29.4 Å². The first-order valence-corrected chi connectivity index (χ1v) is 9.25. The third kappa shape index (κ3) is 2.30. The smallest absolute Gasteiger partial charge is 0.244 e. The maximum absolute atomic E-state index is 13.1. The maximum Gasteiger partial charge on any atom is 0.244 e. The molecule has 0 amide bonds. The Hall–Kier alpha value is -1.42. The molecular formula is C17H23N3O2S. The minimum Gasteiger partial charge on any atom is -0.305 e. The average Bonchev–Trinajstić information content (AvgIpc) is 2.81. The van der Waals surface area contributed by atoms with E-state index in [1.165, 1.54) is 0 Å². The molecule has 1 aromatic carbocycles. The second kappa shape index (κ2) is 5.04. The molecule has 124 valence electrons. The molecule has 5 nitrogen and oxygen atoms in total. The van der Waals surface area contributed by atoms with Crippen LogP contribution in [0.2, 0.25) is 0 Å².